The Labute approximate surface area is 95.7 Å². The highest BCUT2D eigenvalue weighted by atomic mass is 16.3. The maximum absolute atomic E-state index is 9.41. The first-order valence-electron chi connectivity index (χ1n) is 5.66. The highest BCUT2D eigenvalue weighted by molar-refractivity contribution is 5.84. The molecule has 0 bridgehead atoms. The SMILES string of the molecule is CCNC(CO)c1cn(C)c2ccccc12. The van der Waals surface area contributed by atoms with Crippen LogP contribution in [-0.2, 0) is 7.05 Å². The van der Waals surface area contributed by atoms with Gasteiger partial charge in [0.1, 0.15) is 0 Å². The van der Waals surface area contributed by atoms with Gasteiger partial charge in [-0.25, -0.2) is 0 Å². The van der Waals surface area contributed by atoms with Gasteiger partial charge >= 0.3 is 0 Å². The fourth-order valence-corrected chi connectivity index (χ4v) is 2.17. The molecule has 3 heteroatoms. The Morgan fingerprint density at radius 2 is 2.12 bits per heavy atom. The van der Waals surface area contributed by atoms with Gasteiger partial charge in [-0.1, -0.05) is 25.1 Å². The first-order valence-corrected chi connectivity index (χ1v) is 5.66. The molecule has 1 aromatic carbocycles. The zero-order chi connectivity index (χ0) is 11.5. The Morgan fingerprint density at radius 1 is 1.38 bits per heavy atom. The number of nitrogens with zero attached hydrogens (tertiary/aromatic N) is 1. The number of aromatic nitrogens is 1. The van der Waals surface area contributed by atoms with Crippen molar-refractivity contribution >= 4 is 10.9 Å². The van der Waals surface area contributed by atoms with E-state index in [9.17, 15) is 5.11 Å². The van der Waals surface area contributed by atoms with E-state index >= 15 is 0 Å². The summed E-state index contributed by atoms with van der Waals surface area (Å²) in [6.45, 7) is 3.03. The lowest BCUT2D eigenvalue weighted by atomic mass is 10.1. The van der Waals surface area contributed by atoms with Crippen molar-refractivity contribution in [2.45, 2.75) is 13.0 Å². The van der Waals surface area contributed by atoms with Crippen LogP contribution in [0.25, 0.3) is 10.9 Å². The normalized spacial score (nSPS) is 13.2. The number of nitrogens with one attached hydrogen (secondary N) is 1. The molecule has 0 aliphatic heterocycles. The van der Waals surface area contributed by atoms with Crippen LogP contribution in [0.4, 0.5) is 0 Å². The van der Waals surface area contributed by atoms with Gasteiger partial charge in [0.05, 0.1) is 12.6 Å². The summed E-state index contributed by atoms with van der Waals surface area (Å²) >= 11 is 0. The van der Waals surface area contributed by atoms with E-state index in [1.807, 2.05) is 26.1 Å². The summed E-state index contributed by atoms with van der Waals surface area (Å²) < 4.78 is 2.10. The van der Waals surface area contributed by atoms with Gasteiger partial charge in [-0.3, -0.25) is 0 Å². The minimum atomic E-state index is 0.0242. The molecule has 16 heavy (non-hydrogen) atoms. The molecule has 1 atom stereocenters. The van der Waals surface area contributed by atoms with E-state index in [1.165, 1.54) is 16.5 Å². The summed E-state index contributed by atoms with van der Waals surface area (Å²) in [7, 11) is 2.03. The summed E-state index contributed by atoms with van der Waals surface area (Å²) in [6.07, 6.45) is 2.09. The van der Waals surface area contributed by atoms with Crippen molar-refractivity contribution in [3.8, 4) is 0 Å². The summed E-state index contributed by atoms with van der Waals surface area (Å²) in [5.41, 5.74) is 2.37. The number of benzene rings is 1. The van der Waals surface area contributed by atoms with Crippen molar-refractivity contribution in [2.24, 2.45) is 7.05 Å². The monoisotopic (exact) mass is 218 g/mol. The second-order valence-corrected chi connectivity index (χ2v) is 4.01. The standard InChI is InChI=1S/C13H18N2O/c1-3-14-12(9-16)11-8-15(2)13-7-5-4-6-10(11)13/h4-8,12,14,16H,3,9H2,1-2H3. The molecule has 0 saturated carbocycles. The average molecular weight is 218 g/mol. The van der Waals surface area contributed by atoms with Crippen molar-refractivity contribution in [1.29, 1.82) is 0 Å². The predicted molar refractivity (Wildman–Crippen MR) is 66.4 cm³/mol. The number of aliphatic hydroxyl groups is 1. The molecule has 3 nitrogen and oxygen atoms in total. The first-order chi connectivity index (χ1) is 7.77. The number of para-hydroxylation sites is 1. The van der Waals surface area contributed by atoms with Crippen LogP contribution in [0.5, 0.6) is 0 Å². The van der Waals surface area contributed by atoms with Crippen LogP contribution in [-0.4, -0.2) is 22.8 Å². The molecule has 2 rings (SSSR count). The highest BCUT2D eigenvalue weighted by Crippen LogP contribution is 2.25. The Bertz CT molecular complexity index is 476. The first kappa shape index (κ1) is 11.2. The smallest absolute Gasteiger partial charge is 0.0627 e. The zero-order valence-corrected chi connectivity index (χ0v) is 9.77. The topological polar surface area (TPSA) is 37.2 Å². The van der Waals surface area contributed by atoms with Crippen molar-refractivity contribution < 1.29 is 5.11 Å². The average Bonchev–Trinajstić information content (AvgIpc) is 2.65. The molecule has 0 aliphatic rings. The Kier molecular flexibility index (Phi) is 3.27. The molecule has 0 radical (unpaired) electrons. The molecular weight excluding hydrogens is 200 g/mol. The maximum atomic E-state index is 9.41. The van der Waals surface area contributed by atoms with Gasteiger partial charge in [0.15, 0.2) is 0 Å². The van der Waals surface area contributed by atoms with Crippen LogP contribution in [0.3, 0.4) is 0 Å². The van der Waals surface area contributed by atoms with E-state index in [2.05, 4.69) is 28.2 Å². The van der Waals surface area contributed by atoms with Gasteiger partial charge in [0, 0.05) is 24.1 Å². The molecule has 0 aliphatic carbocycles. The van der Waals surface area contributed by atoms with Gasteiger partial charge in [0.2, 0.25) is 0 Å². The maximum Gasteiger partial charge on any atom is 0.0627 e. The quantitative estimate of drug-likeness (QED) is 0.821. The molecule has 1 heterocycles. The summed E-state index contributed by atoms with van der Waals surface area (Å²) in [5, 5.41) is 13.9. The second-order valence-electron chi connectivity index (χ2n) is 4.01. The Morgan fingerprint density at radius 3 is 2.81 bits per heavy atom. The largest absolute Gasteiger partial charge is 0.394 e. The van der Waals surface area contributed by atoms with Crippen LogP contribution in [0.15, 0.2) is 30.5 Å². The number of fused-ring (bicyclic) bond motifs is 1. The highest BCUT2D eigenvalue weighted by Gasteiger charge is 2.14. The molecular formula is C13H18N2O. The molecule has 0 amide bonds. The molecule has 1 unspecified atom stereocenters. The number of rotatable bonds is 4. The molecule has 2 N–H and O–H groups in total. The number of aryl methyl sites for hydroxylation is 1. The van der Waals surface area contributed by atoms with Crippen molar-refractivity contribution in [2.75, 3.05) is 13.2 Å². The Hall–Kier alpha value is -1.32. The van der Waals surface area contributed by atoms with Crippen LogP contribution in [0.1, 0.15) is 18.5 Å². The number of likely N-dealkylation sites (N-methyl/N-ethyl adjacent to an activating group) is 1. The van der Waals surface area contributed by atoms with Crippen molar-refractivity contribution in [1.82, 2.24) is 9.88 Å². The third-order valence-electron chi connectivity index (χ3n) is 2.94. The lowest BCUT2D eigenvalue weighted by Crippen LogP contribution is -2.23. The van der Waals surface area contributed by atoms with Gasteiger partial charge in [0.25, 0.3) is 0 Å². The van der Waals surface area contributed by atoms with Crippen molar-refractivity contribution in [3.63, 3.8) is 0 Å². The van der Waals surface area contributed by atoms with Gasteiger partial charge in [-0.15, -0.1) is 0 Å². The number of aliphatic hydroxyl groups excluding tert-OH is 1. The third kappa shape index (κ3) is 1.84. The number of hydrogen-bond acceptors (Lipinski definition) is 2. The lowest BCUT2D eigenvalue weighted by Gasteiger charge is -2.14. The number of hydrogen-bond donors (Lipinski definition) is 2. The minimum absolute atomic E-state index is 0.0242. The fourth-order valence-electron chi connectivity index (χ4n) is 2.17. The van der Waals surface area contributed by atoms with E-state index in [-0.39, 0.29) is 12.6 Å². The van der Waals surface area contributed by atoms with Crippen LogP contribution in [0, 0.1) is 0 Å². The molecule has 0 saturated heterocycles. The van der Waals surface area contributed by atoms with E-state index < -0.39 is 0 Å². The third-order valence-corrected chi connectivity index (χ3v) is 2.94. The molecule has 0 fully saturated rings. The van der Waals surface area contributed by atoms with Crippen LogP contribution in [0.2, 0.25) is 0 Å². The fraction of sp³-hybridized carbons (Fsp3) is 0.385. The van der Waals surface area contributed by atoms with Crippen LogP contribution < -0.4 is 5.32 Å². The van der Waals surface area contributed by atoms with E-state index in [0.29, 0.717) is 0 Å². The summed E-state index contributed by atoms with van der Waals surface area (Å²) in [6, 6.07) is 8.29. The molecule has 86 valence electrons. The minimum Gasteiger partial charge on any atom is -0.394 e. The zero-order valence-electron chi connectivity index (χ0n) is 9.77. The summed E-state index contributed by atoms with van der Waals surface area (Å²) in [5.74, 6) is 0. The Balaban J connectivity index is 2.51. The molecule has 0 spiro atoms. The van der Waals surface area contributed by atoms with Gasteiger partial charge in [-0.05, 0) is 18.2 Å². The van der Waals surface area contributed by atoms with Crippen molar-refractivity contribution in [3.05, 3.63) is 36.0 Å². The van der Waals surface area contributed by atoms with Crippen LogP contribution >= 0.6 is 0 Å². The van der Waals surface area contributed by atoms with Gasteiger partial charge in [-0.2, -0.15) is 0 Å². The molecule has 1 aromatic heterocycles. The summed E-state index contributed by atoms with van der Waals surface area (Å²) in [4.78, 5) is 0. The molecule has 2 aromatic rings. The predicted octanol–water partition coefficient (Wildman–Crippen LogP) is 1.82. The van der Waals surface area contributed by atoms with E-state index in [4.69, 9.17) is 0 Å². The second kappa shape index (κ2) is 4.68. The van der Waals surface area contributed by atoms with Gasteiger partial charge < -0.3 is 15.0 Å². The lowest BCUT2D eigenvalue weighted by molar-refractivity contribution is 0.247. The van der Waals surface area contributed by atoms with E-state index in [0.717, 1.165) is 6.54 Å². The van der Waals surface area contributed by atoms with E-state index in [1.54, 1.807) is 0 Å².